The maximum Gasteiger partial charge on any atom is 0.122 e. The van der Waals surface area contributed by atoms with Crippen LogP contribution in [0.1, 0.15) is 6.92 Å². The molecule has 0 spiro atoms. The summed E-state index contributed by atoms with van der Waals surface area (Å²) in [6.07, 6.45) is 0. The van der Waals surface area contributed by atoms with E-state index < -0.39 is 0 Å². The number of hydrogen-bond donors (Lipinski definition) is 1. The smallest absolute Gasteiger partial charge is 0.122 e. The van der Waals surface area contributed by atoms with Gasteiger partial charge in [-0.3, -0.25) is 0 Å². The Morgan fingerprint density at radius 3 is 2.33 bits per heavy atom. The van der Waals surface area contributed by atoms with Crippen molar-refractivity contribution in [2.45, 2.75) is 19.6 Å². The van der Waals surface area contributed by atoms with Gasteiger partial charge in [-0.2, -0.15) is 0 Å². The molecular weight excluding hydrogens is 72.9 g/mol. The Balaban J connectivity index is 2.75. The van der Waals surface area contributed by atoms with Crippen molar-refractivity contribution in [1.82, 2.24) is 0 Å². The summed E-state index contributed by atoms with van der Waals surface area (Å²) in [4.78, 5) is 0. The zero-order valence-electron chi connectivity index (χ0n) is 4.57. The van der Waals surface area contributed by atoms with Gasteiger partial charge in [0.05, 0.1) is 0 Å². The average Bonchev–Trinajstić information content (AvgIpc) is 1.65. The van der Waals surface area contributed by atoms with E-state index in [4.69, 9.17) is 5.73 Å². The lowest BCUT2D eigenvalue weighted by Gasteiger charge is -1.97. The zero-order chi connectivity index (χ0) is 4.99. The molecule has 36 valence electrons. The summed E-state index contributed by atoms with van der Waals surface area (Å²) in [7, 11) is 1.20. The molecule has 0 saturated carbocycles. The van der Waals surface area contributed by atoms with Crippen LogP contribution in [0.3, 0.4) is 0 Å². The SMILES string of the molecule is CBC(C)CN. The molecule has 2 N–H and O–H groups in total. The molecular formula is C4H12BN. The Bertz CT molecular complexity index is 26.7. The van der Waals surface area contributed by atoms with Gasteiger partial charge in [-0.25, -0.2) is 0 Å². The van der Waals surface area contributed by atoms with E-state index in [-0.39, 0.29) is 0 Å². The molecule has 0 aromatic rings. The van der Waals surface area contributed by atoms with Crippen molar-refractivity contribution in [3.05, 3.63) is 0 Å². The molecule has 0 aliphatic heterocycles. The molecule has 0 aromatic carbocycles. The molecule has 0 aromatic heterocycles. The largest absolute Gasteiger partial charge is 0.331 e. The molecule has 1 unspecified atom stereocenters. The van der Waals surface area contributed by atoms with Gasteiger partial charge >= 0.3 is 0 Å². The number of nitrogens with two attached hydrogens (primary N) is 1. The molecule has 0 fully saturated rings. The van der Waals surface area contributed by atoms with Crippen molar-refractivity contribution >= 4 is 7.28 Å². The van der Waals surface area contributed by atoms with E-state index in [0.29, 0.717) is 5.82 Å². The van der Waals surface area contributed by atoms with Gasteiger partial charge in [0.2, 0.25) is 0 Å². The normalized spacial score (nSPS) is 13.8. The van der Waals surface area contributed by atoms with Gasteiger partial charge in [0.25, 0.3) is 0 Å². The molecule has 0 heterocycles. The molecule has 0 radical (unpaired) electrons. The molecule has 2 heteroatoms. The van der Waals surface area contributed by atoms with Gasteiger partial charge in [0.1, 0.15) is 7.28 Å². The van der Waals surface area contributed by atoms with E-state index >= 15 is 0 Å². The first-order valence-corrected chi connectivity index (χ1v) is 2.51. The Kier molecular flexibility index (Phi) is 3.24. The van der Waals surface area contributed by atoms with Crippen molar-refractivity contribution in [2.24, 2.45) is 5.73 Å². The minimum absolute atomic E-state index is 0.713. The van der Waals surface area contributed by atoms with Crippen molar-refractivity contribution in [3.63, 3.8) is 0 Å². The summed E-state index contributed by atoms with van der Waals surface area (Å²) in [6.45, 7) is 5.13. The lowest BCUT2D eigenvalue weighted by Crippen LogP contribution is -2.08. The Morgan fingerprint density at radius 2 is 2.33 bits per heavy atom. The van der Waals surface area contributed by atoms with E-state index in [1.165, 1.54) is 7.28 Å². The van der Waals surface area contributed by atoms with Gasteiger partial charge in [-0.15, -0.1) is 0 Å². The number of rotatable bonds is 2. The van der Waals surface area contributed by atoms with E-state index in [1.54, 1.807) is 0 Å². The Hall–Kier alpha value is 0.0249. The molecule has 0 rings (SSSR count). The van der Waals surface area contributed by atoms with Crippen molar-refractivity contribution in [3.8, 4) is 0 Å². The second kappa shape index (κ2) is 3.22. The molecule has 6 heavy (non-hydrogen) atoms. The van der Waals surface area contributed by atoms with Crippen LogP contribution >= 0.6 is 0 Å². The highest BCUT2D eigenvalue weighted by atomic mass is 14.5. The second-order valence-electron chi connectivity index (χ2n) is 1.75. The lowest BCUT2D eigenvalue weighted by atomic mass is 9.68. The van der Waals surface area contributed by atoms with Gasteiger partial charge in [0.15, 0.2) is 0 Å². The zero-order valence-corrected chi connectivity index (χ0v) is 4.57. The predicted molar refractivity (Wildman–Crippen MR) is 31.5 cm³/mol. The van der Waals surface area contributed by atoms with Crippen LogP contribution in [0.25, 0.3) is 0 Å². The molecule has 0 saturated heterocycles. The minimum atomic E-state index is 0.713. The van der Waals surface area contributed by atoms with Crippen LogP contribution in [-0.4, -0.2) is 13.8 Å². The Labute approximate surface area is 40.2 Å². The quantitative estimate of drug-likeness (QED) is 0.477. The fraction of sp³-hybridized carbons (Fsp3) is 1.00. The third kappa shape index (κ3) is 2.27. The molecule has 0 aliphatic carbocycles. The lowest BCUT2D eigenvalue weighted by molar-refractivity contribution is 0.916. The van der Waals surface area contributed by atoms with Crippen molar-refractivity contribution in [1.29, 1.82) is 0 Å². The summed E-state index contributed by atoms with van der Waals surface area (Å²) >= 11 is 0. The summed E-state index contributed by atoms with van der Waals surface area (Å²) < 4.78 is 0. The van der Waals surface area contributed by atoms with E-state index in [2.05, 4.69) is 13.7 Å². The first kappa shape index (κ1) is 6.02. The van der Waals surface area contributed by atoms with Crippen LogP contribution in [0.15, 0.2) is 0 Å². The first-order chi connectivity index (χ1) is 2.81. The van der Waals surface area contributed by atoms with E-state index in [0.717, 1.165) is 6.54 Å². The van der Waals surface area contributed by atoms with Crippen LogP contribution in [-0.2, 0) is 0 Å². The third-order valence-electron chi connectivity index (χ3n) is 1.10. The van der Waals surface area contributed by atoms with Crippen molar-refractivity contribution < 1.29 is 0 Å². The van der Waals surface area contributed by atoms with Gasteiger partial charge in [-0.05, 0) is 6.54 Å². The average molecular weight is 85.0 g/mol. The fourth-order valence-corrected chi connectivity index (χ4v) is 0.167. The van der Waals surface area contributed by atoms with Gasteiger partial charge in [-0.1, -0.05) is 19.6 Å². The van der Waals surface area contributed by atoms with Gasteiger partial charge in [0, 0.05) is 0 Å². The summed E-state index contributed by atoms with van der Waals surface area (Å²) in [5, 5.41) is 0. The van der Waals surface area contributed by atoms with Crippen LogP contribution < -0.4 is 5.73 Å². The molecule has 1 atom stereocenters. The maximum atomic E-state index is 5.28. The summed E-state index contributed by atoms with van der Waals surface area (Å²) in [5.41, 5.74) is 5.28. The van der Waals surface area contributed by atoms with Gasteiger partial charge < -0.3 is 5.73 Å². The minimum Gasteiger partial charge on any atom is -0.331 e. The summed E-state index contributed by atoms with van der Waals surface area (Å²) in [5.74, 6) is 0.713. The monoisotopic (exact) mass is 85.1 g/mol. The molecule has 1 nitrogen and oxygen atoms in total. The molecule has 0 aliphatic rings. The second-order valence-corrected chi connectivity index (χ2v) is 1.75. The maximum absolute atomic E-state index is 5.28. The van der Waals surface area contributed by atoms with Crippen LogP contribution in [0.5, 0.6) is 0 Å². The highest BCUT2D eigenvalue weighted by molar-refractivity contribution is 6.35. The highest BCUT2D eigenvalue weighted by Gasteiger charge is 1.91. The third-order valence-corrected chi connectivity index (χ3v) is 1.10. The predicted octanol–water partition coefficient (Wildman–Crippen LogP) is 0.238. The molecule has 0 bridgehead atoms. The first-order valence-electron chi connectivity index (χ1n) is 2.51. The van der Waals surface area contributed by atoms with E-state index in [1.807, 2.05) is 0 Å². The summed E-state index contributed by atoms with van der Waals surface area (Å²) in [6, 6.07) is 0. The van der Waals surface area contributed by atoms with Crippen LogP contribution in [0, 0.1) is 0 Å². The topological polar surface area (TPSA) is 26.0 Å². The van der Waals surface area contributed by atoms with Crippen LogP contribution in [0.4, 0.5) is 0 Å². The fourth-order valence-electron chi connectivity index (χ4n) is 0.167. The van der Waals surface area contributed by atoms with Crippen molar-refractivity contribution in [2.75, 3.05) is 6.54 Å². The van der Waals surface area contributed by atoms with Crippen LogP contribution in [0.2, 0.25) is 12.6 Å². The molecule has 0 amide bonds. The van der Waals surface area contributed by atoms with E-state index in [9.17, 15) is 0 Å². The Morgan fingerprint density at radius 1 is 1.83 bits per heavy atom. The standard InChI is InChI=1S/C4H12BN/c1-4(3-6)5-2/h4-5H,3,6H2,1-2H3. The highest BCUT2D eigenvalue weighted by Crippen LogP contribution is 1.92. The number of hydrogen-bond acceptors (Lipinski definition) is 1.